The predicted molar refractivity (Wildman–Crippen MR) is 116 cm³/mol. The van der Waals surface area contributed by atoms with Crippen molar-refractivity contribution >= 4 is 17.5 Å². The molecule has 0 saturated carbocycles. The summed E-state index contributed by atoms with van der Waals surface area (Å²) in [7, 11) is 0. The third-order valence-corrected chi connectivity index (χ3v) is 5.66. The van der Waals surface area contributed by atoms with Gasteiger partial charge in [0.2, 0.25) is 0 Å². The second-order valence-corrected chi connectivity index (χ2v) is 7.59. The molecule has 5 nitrogen and oxygen atoms in total. The summed E-state index contributed by atoms with van der Waals surface area (Å²) in [5.74, 6) is 1.54. The Morgan fingerprint density at radius 3 is 2.45 bits per heavy atom. The van der Waals surface area contributed by atoms with Crippen molar-refractivity contribution in [1.82, 2.24) is 9.80 Å². The third-order valence-electron chi connectivity index (χ3n) is 5.24. The quantitative estimate of drug-likeness (QED) is 0.670. The molecule has 0 spiro atoms. The number of carbonyl (C=O) groups is 1. The van der Waals surface area contributed by atoms with Gasteiger partial charge in [-0.1, -0.05) is 18.5 Å². The fourth-order valence-electron chi connectivity index (χ4n) is 3.44. The van der Waals surface area contributed by atoms with Crippen LogP contribution in [0.1, 0.15) is 35.3 Å². The second-order valence-electron chi connectivity index (χ2n) is 7.18. The Bertz CT molecular complexity index is 848. The van der Waals surface area contributed by atoms with E-state index in [1.54, 1.807) is 0 Å². The summed E-state index contributed by atoms with van der Waals surface area (Å²) < 4.78 is 11.7. The van der Waals surface area contributed by atoms with Gasteiger partial charge in [0.1, 0.15) is 18.1 Å². The van der Waals surface area contributed by atoms with Crippen LogP contribution in [0.25, 0.3) is 0 Å². The molecule has 2 aromatic carbocycles. The minimum Gasteiger partial charge on any atom is -0.493 e. The molecule has 6 heteroatoms. The van der Waals surface area contributed by atoms with Crippen LogP contribution in [0.5, 0.6) is 11.5 Å². The van der Waals surface area contributed by atoms with Crippen molar-refractivity contribution in [2.45, 2.75) is 27.4 Å². The highest BCUT2D eigenvalue weighted by Crippen LogP contribution is 2.26. The van der Waals surface area contributed by atoms with Gasteiger partial charge in [0.05, 0.1) is 6.61 Å². The van der Waals surface area contributed by atoms with Crippen molar-refractivity contribution in [2.75, 3.05) is 39.3 Å². The van der Waals surface area contributed by atoms with Crippen LogP contribution in [0.3, 0.4) is 0 Å². The molecule has 1 fully saturated rings. The number of nitrogens with zero attached hydrogens (tertiary/aromatic N) is 2. The van der Waals surface area contributed by atoms with E-state index < -0.39 is 0 Å². The minimum atomic E-state index is 0.0624. The number of amides is 1. The van der Waals surface area contributed by atoms with Gasteiger partial charge in [-0.25, -0.2) is 0 Å². The van der Waals surface area contributed by atoms with E-state index in [2.05, 4.69) is 11.8 Å². The monoisotopic (exact) mass is 416 g/mol. The van der Waals surface area contributed by atoms with E-state index in [1.165, 1.54) is 0 Å². The fraction of sp³-hybridized carbons (Fsp3) is 0.435. The number of carbonyl (C=O) groups excluding carboxylic acids is 1. The number of hydrogen-bond donors (Lipinski definition) is 0. The van der Waals surface area contributed by atoms with Crippen molar-refractivity contribution in [1.29, 1.82) is 0 Å². The van der Waals surface area contributed by atoms with Crippen LogP contribution in [0.4, 0.5) is 0 Å². The van der Waals surface area contributed by atoms with E-state index in [0.29, 0.717) is 23.8 Å². The first kappa shape index (κ1) is 21.5. The lowest BCUT2D eigenvalue weighted by Crippen LogP contribution is -2.48. The van der Waals surface area contributed by atoms with Crippen LogP contribution >= 0.6 is 11.6 Å². The zero-order valence-corrected chi connectivity index (χ0v) is 18.2. The number of hydrogen-bond acceptors (Lipinski definition) is 4. The molecular weight excluding hydrogens is 388 g/mol. The summed E-state index contributed by atoms with van der Waals surface area (Å²) in [6.45, 7) is 11.3. The average molecular weight is 417 g/mol. The SMILES string of the molecule is CCOc1ccc(C(=O)N2CCN(CC)CC2)cc1COc1ccc(Cl)c(C)c1. The van der Waals surface area contributed by atoms with Crippen LogP contribution in [0.15, 0.2) is 36.4 Å². The Morgan fingerprint density at radius 1 is 1.03 bits per heavy atom. The standard InChI is InChI=1S/C23H29ClN2O3/c1-4-25-10-12-26(13-11-25)23(27)18-6-9-22(28-5-2)19(15-18)16-29-20-7-8-21(24)17(3)14-20/h6-9,14-15H,4-5,10-13,16H2,1-3H3. The van der Waals surface area contributed by atoms with Gasteiger partial charge in [-0.05, 0) is 62.4 Å². The van der Waals surface area contributed by atoms with E-state index in [0.717, 1.165) is 55.3 Å². The Balaban J connectivity index is 1.74. The molecule has 0 bridgehead atoms. The van der Waals surface area contributed by atoms with E-state index in [1.807, 2.05) is 55.1 Å². The summed E-state index contributed by atoms with van der Waals surface area (Å²) in [6.07, 6.45) is 0. The topological polar surface area (TPSA) is 42.0 Å². The maximum absolute atomic E-state index is 13.0. The van der Waals surface area contributed by atoms with Crippen LogP contribution in [-0.4, -0.2) is 55.0 Å². The molecule has 0 aromatic heterocycles. The molecule has 0 N–H and O–H groups in total. The molecule has 1 heterocycles. The molecule has 0 atom stereocenters. The van der Waals surface area contributed by atoms with E-state index in [-0.39, 0.29) is 5.91 Å². The number of rotatable bonds is 7. The lowest BCUT2D eigenvalue weighted by Gasteiger charge is -2.34. The van der Waals surface area contributed by atoms with Gasteiger partial charge in [0.25, 0.3) is 5.91 Å². The van der Waals surface area contributed by atoms with Gasteiger partial charge in [-0.2, -0.15) is 0 Å². The summed E-state index contributed by atoms with van der Waals surface area (Å²) in [5.41, 5.74) is 2.49. The highest BCUT2D eigenvalue weighted by molar-refractivity contribution is 6.31. The van der Waals surface area contributed by atoms with E-state index in [4.69, 9.17) is 21.1 Å². The van der Waals surface area contributed by atoms with E-state index >= 15 is 0 Å². The highest BCUT2D eigenvalue weighted by Gasteiger charge is 2.22. The van der Waals surface area contributed by atoms with Gasteiger partial charge >= 0.3 is 0 Å². The fourth-order valence-corrected chi connectivity index (χ4v) is 3.56. The molecular formula is C23H29ClN2O3. The first-order valence-corrected chi connectivity index (χ1v) is 10.6. The van der Waals surface area contributed by atoms with Crippen molar-refractivity contribution in [3.63, 3.8) is 0 Å². The normalized spacial score (nSPS) is 14.7. The molecule has 1 amide bonds. The summed E-state index contributed by atoms with van der Waals surface area (Å²) in [4.78, 5) is 17.3. The molecule has 1 aliphatic heterocycles. The largest absolute Gasteiger partial charge is 0.493 e. The molecule has 3 rings (SSSR count). The lowest BCUT2D eigenvalue weighted by molar-refractivity contribution is 0.0643. The Hall–Kier alpha value is -2.24. The van der Waals surface area contributed by atoms with Gasteiger partial charge in [-0.15, -0.1) is 0 Å². The van der Waals surface area contributed by atoms with Gasteiger partial charge in [-0.3, -0.25) is 4.79 Å². The highest BCUT2D eigenvalue weighted by atomic mass is 35.5. The van der Waals surface area contributed by atoms with Crippen LogP contribution < -0.4 is 9.47 Å². The van der Waals surface area contributed by atoms with Crippen LogP contribution in [0.2, 0.25) is 5.02 Å². The van der Waals surface area contributed by atoms with Gasteiger partial charge < -0.3 is 19.3 Å². The molecule has 0 aliphatic carbocycles. The molecule has 1 aliphatic rings. The number of halogens is 1. The molecule has 0 unspecified atom stereocenters. The Morgan fingerprint density at radius 2 is 1.79 bits per heavy atom. The van der Waals surface area contributed by atoms with Crippen molar-refractivity contribution in [2.24, 2.45) is 0 Å². The predicted octanol–water partition coefficient (Wildman–Crippen LogP) is 4.40. The van der Waals surface area contributed by atoms with Crippen molar-refractivity contribution in [3.05, 3.63) is 58.1 Å². The maximum atomic E-state index is 13.0. The molecule has 0 radical (unpaired) electrons. The molecule has 156 valence electrons. The van der Waals surface area contributed by atoms with Gasteiger partial charge in [0.15, 0.2) is 0 Å². The number of aryl methyl sites for hydroxylation is 1. The molecule has 29 heavy (non-hydrogen) atoms. The average Bonchev–Trinajstić information content (AvgIpc) is 2.75. The first-order valence-electron chi connectivity index (χ1n) is 10.2. The summed E-state index contributed by atoms with van der Waals surface area (Å²) in [6, 6.07) is 11.2. The summed E-state index contributed by atoms with van der Waals surface area (Å²) in [5, 5.41) is 0.711. The number of likely N-dealkylation sites (N-methyl/N-ethyl adjacent to an activating group) is 1. The van der Waals surface area contributed by atoms with Crippen molar-refractivity contribution < 1.29 is 14.3 Å². The van der Waals surface area contributed by atoms with Crippen LogP contribution in [-0.2, 0) is 6.61 Å². The lowest BCUT2D eigenvalue weighted by atomic mass is 10.1. The van der Waals surface area contributed by atoms with Crippen molar-refractivity contribution in [3.8, 4) is 11.5 Å². The zero-order chi connectivity index (χ0) is 20.8. The van der Waals surface area contributed by atoms with E-state index in [9.17, 15) is 4.79 Å². The Labute approximate surface area is 178 Å². The molecule has 2 aromatic rings. The summed E-state index contributed by atoms with van der Waals surface area (Å²) >= 11 is 6.09. The smallest absolute Gasteiger partial charge is 0.253 e. The zero-order valence-electron chi connectivity index (χ0n) is 17.4. The molecule has 1 saturated heterocycles. The van der Waals surface area contributed by atoms with Crippen LogP contribution in [0, 0.1) is 6.92 Å². The van der Waals surface area contributed by atoms with Gasteiger partial charge in [0, 0.05) is 42.3 Å². The maximum Gasteiger partial charge on any atom is 0.253 e. The number of piperazine rings is 1. The second kappa shape index (κ2) is 9.99. The minimum absolute atomic E-state index is 0.0624. The number of benzene rings is 2. The first-order chi connectivity index (χ1) is 14.0. The Kier molecular flexibility index (Phi) is 7.40. The third kappa shape index (κ3) is 5.43. The number of ether oxygens (including phenoxy) is 2.